The molecule has 0 saturated heterocycles. The molecule has 1 aromatic rings. The van der Waals surface area contributed by atoms with E-state index in [0.717, 1.165) is 0 Å². The van der Waals surface area contributed by atoms with E-state index in [1.54, 1.807) is 7.05 Å². The Hall–Kier alpha value is -1.53. The molecule has 0 aromatic carbocycles. The van der Waals surface area contributed by atoms with Crippen LogP contribution in [0, 0.1) is 0 Å². The summed E-state index contributed by atoms with van der Waals surface area (Å²) in [4.78, 5) is 8.32. The second kappa shape index (κ2) is 4.99. The zero-order valence-corrected chi connectivity index (χ0v) is 10.8. The molecule has 1 rings (SSSR count). The fourth-order valence-corrected chi connectivity index (χ4v) is 1.19. The summed E-state index contributed by atoms with van der Waals surface area (Å²) in [6.07, 6.45) is -4.27. The number of hydrogen-bond donors (Lipinski definition) is 2. The Balaban J connectivity index is 2.98. The Labute approximate surface area is 104 Å². The molecule has 0 radical (unpaired) electrons. The van der Waals surface area contributed by atoms with Crippen molar-refractivity contribution in [2.24, 2.45) is 0 Å². The Morgan fingerprint density at radius 3 is 2.11 bits per heavy atom. The molecule has 0 unspecified atom stereocenters. The van der Waals surface area contributed by atoms with Crippen LogP contribution in [0.3, 0.4) is 0 Å². The second-order valence-corrected chi connectivity index (χ2v) is 4.93. The topological polar surface area (TPSA) is 49.8 Å². The number of aromatic nitrogens is 2. The van der Waals surface area contributed by atoms with Crippen LogP contribution in [0.5, 0.6) is 0 Å². The van der Waals surface area contributed by atoms with Gasteiger partial charge in [0, 0.05) is 18.5 Å². The van der Waals surface area contributed by atoms with Gasteiger partial charge in [-0.2, -0.15) is 13.2 Å². The molecule has 0 aliphatic rings. The van der Waals surface area contributed by atoms with Crippen LogP contribution in [0.25, 0.3) is 0 Å². The van der Waals surface area contributed by atoms with Gasteiger partial charge in [-0.1, -0.05) is 20.8 Å². The molecule has 0 fully saturated rings. The van der Waals surface area contributed by atoms with Gasteiger partial charge in [0.1, 0.15) is 24.0 Å². The maximum atomic E-state index is 12.1. The number of alkyl halides is 3. The van der Waals surface area contributed by atoms with Gasteiger partial charge < -0.3 is 10.6 Å². The van der Waals surface area contributed by atoms with E-state index in [4.69, 9.17) is 0 Å². The summed E-state index contributed by atoms with van der Waals surface area (Å²) < 4.78 is 36.4. The fourth-order valence-electron chi connectivity index (χ4n) is 1.19. The lowest BCUT2D eigenvalue weighted by molar-refractivity contribution is -0.115. The summed E-state index contributed by atoms with van der Waals surface area (Å²) in [7, 11) is 1.66. The molecular weight excluding hydrogens is 245 g/mol. The van der Waals surface area contributed by atoms with Crippen molar-refractivity contribution in [3.63, 3.8) is 0 Å². The van der Waals surface area contributed by atoms with Crippen molar-refractivity contribution >= 4 is 11.6 Å². The van der Waals surface area contributed by atoms with Gasteiger partial charge in [-0.15, -0.1) is 0 Å². The van der Waals surface area contributed by atoms with E-state index in [1.165, 1.54) is 6.07 Å². The second-order valence-electron chi connectivity index (χ2n) is 4.93. The minimum absolute atomic E-state index is 0.164. The van der Waals surface area contributed by atoms with Gasteiger partial charge in [0.15, 0.2) is 0 Å². The van der Waals surface area contributed by atoms with Crippen LogP contribution >= 0.6 is 0 Å². The molecule has 4 nitrogen and oxygen atoms in total. The normalized spacial score (nSPS) is 12.4. The van der Waals surface area contributed by atoms with Crippen LogP contribution < -0.4 is 10.6 Å². The van der Waals surface area contributed by atoms with Gasteiger partial charge in [-0.3, -0.25) is 0 Å². The first-order valence-corrected chi connectivity index (χ1v) is 5.50. The van der Waals surface area contributed by atoms with Crippen molar-refractivity contribution in [2.75, 3.05) is 24.2 Å². The first kappa shape index (κ1) is 14.5. The van der Waals surface area contributed by atoms with Crippen molar-refractivity contribution in [2.45, 2.75) is 32.4 Å². The molecule has 2 N–H and O–H groups in total. The van der Waals surface area contributed by atoms with Crippen molar-refractivity contribution in [1.82, 2.24) is 9.97 Å². The van der Waals surface area contributed by atoms with Crippen LogP contribution in [0.2, 0.25) is 0 Å². The molecule has 1 heterocycles. The molecule has 18 heavy (non-hydrogen) atoms. The van der Waals surface area contributed by atoms with Crippen molar-refractivity contribution < 1.29 is 13.2 Å². The number of nitrogens with one attached hydrogen (secondary N) is 2. The lowest BCUT2D eigenvalue weighted by Gasteiger charge is -2.19. The summed E-state index contributed by atoms with van der Waals surface area (Å²) in [5, 5.41) is 5.06. The third kappa shape index (κ3) is 4.38. The Morgan fingerprint density at radius 2 is 1.67 bits per heavy atom. The molecule has 1 aromatic heterocycles. The molecule has 7 heteroatoms. The average molecular weight is 262 g/mol. The van der Waals surface area contributed by atoms with Crippen LogP contribution in [0.15, 0.2) is 6.07 Å². The van der Waals surface area contributed by atoms with Crippen molar-refractivity contribution in [3.05, 3.63) is 11.9 Å². The van der Waals surface area contributed by atoms with E-state index >= 15 is 0 Å². The maximum Gasteiger partial charge on any atom is 0.405 e. The van der Waals surface area contributed by atoms with E-state index in [0.29, 0.717) is 11.6 Å². The monoisotopic (exact) mass is 262 g/mol. The van der Waals surface area contributed by atoms with Crippen LogP contribution in [-0.2, 0) is 5.41 Å². The van der Waals surface area contributed by atoms with Crippen LogP contribution in [-0.4, -0.2) is 29.7 Å². The Kier molecular flexibility index (Phi) is 4.03. The number of anilines is 2. The lowest BCUT2D eigenvalue weighted by Crippen LogP contribution is -2.23. The Morgan fingerprint density at radius 1 is 1.11 bits per heavy atom. The predicted octanol–water partition coefficient (Wildman–Crippen LogP) is 2.79. The predicted molar refractivity (Wildman–Crippen MR) is 64.8 cm³/mol. The van der Waals surface area contributed by atoms with Gasteiger partial charge in [0.2, 0.25) is 0 Å². The highest BCUT2D eigenvalue weighted by molar-refractivity contribution is 5.47. The number of hydrogen-bond acceptors (Lipinski definition) is 4. The summed E-state index contributed by atoms with van der Waals surface area (Å²) in [6, 6.07) is 1.45. The first-order valence-electron chi connectivity index (χ1n) is 5.50. The summed E-state index contributed by atoms with van der Waals surface area (Å²) >= 11 is 0. The summed E-state index contributed by atoms with van der Waals surface area (Å²) in [5.74, 6) is 1.13. The highest BCUT2D eigenvalue weighted by Gasteiger charge is 2.27. The third-order valence-corrected chi connectivity index (χ3v) is 2.12. The quantitative estimate of drug-likeness (QED) is 0.879. The summed E-state index contributed by atoms with van der Waals surface area (Å²) in [5.41, 5.74) is -0.332. The highest BCUT2D eigenvalue weighted by Crippen LogP contribution is 2.23. The number of nitrogens with zero attached hydrogens (tertiary/aromatic N) is 2. The maximum absolute atomic E-state index is 12.1. The minimum Gasteiger partial charge on any atom is -0.373 e. The van der Waals surface area contributed by atoms with Gasteiger partial charge in [0.25, 0.3) is 0 Å². The molecule has 0 spiro atoms. The van der Waals surface area contributed by atoms with Gasteiger partial charge in [-0.25, -0.2) is 9.97 Å². The number of rotatable bonds is 3. The highest BCUT2D eigenvalue weighted by atomic mass is 19.4. The van der Waals surface area contributed by atoms with Gasteiger partial charge >= 0.3 is 6.18 Å². The van der Waals surface area contributed by atoms with Gasteiger partial charge in [0.05, 0.1) is 0 Å². The Bertz CT molecular complexity index is 410. The molecule has 0 aliphatic heterocycles. The van der Waals surface area contributed by atoms with E-state index in [2.05, 4.69) is 20.6 Å². The molecular formula is C11H17F3N4. The lowest BCUT2D eigenvalue weighted by atomic mass is 9.96. The van der Waals surface area contributed by atoms with E-state index in [9.17, 15) is 13.2 Å². The molecule has 0 atom stereocenters. The minimum atomic E-state index is -4.27. The molecule has 0 amide bonds. The smallest absolute Gasteiger partial charge is 0.373 e. The SMILES string of the molecule is CNc1cc(NCC(F)(F)F)nc(C(C)(C)C)n1. The zero-order valence-electron chi connectivity index (χ0n) is 10.8. The zero-order chi connectivity index (χ0) is 14.0. The fraction of sp³-hybridized carbons (Fsp3) is 0.636. The van der Waals surface area contributed by atoms with Crippen molar-refractivity contribution in [1.29, 1.82) is 0 Å². The van der Waals surface area contributed by atoms with Crippen LogP contribution in [0.1, 0.15) is 26.6 Å². The van der Waals surface area contributed by atoms with Gasteiger partial charge in [-0.05, 0) is 0 Å². The standard InChI is InChI=1S/C11H17F3N4/c1-10(2,3)9-17-7(15-4)5-8(18-9)16-6-11(12,13)14/h5H,6H2,1-4H3,(H2,15,16,17,18). The van der Waals surface area contributed by atoms with E-state index in [1.807, 2.05) is 20.8 Å². The van der Waals surface area contributed by atoms with E-state index < -0.39 is 12.7 Å². The summed E-state index contributed by atoms with van der Waals surface area (Å²) in [6.45, 7) is 4.58. The van der Waals surface area contributed by atoms with Crippen molar-refractivity contribution in [3.8, 4) is 0 Å². The largest absolute Gasteiger partial charge is 0.405 e. The first-order chi connectivity index (χ1) is 8.12. The van der Waals surface area contributed by atoms with Crippen LogP contribution in [0.4, 0.5) is 24.8 Å². The molecule has 0 aliphatic carbocycles. The average Bonchev–Trinajstić information content (AvgIpc) is 2.24. The number of halogens is 3. The van der Waals surface area contributed by atoms with E-state index in [-0.39, 0.29) is 11.2 Å². The molecule has 102 valence electrons. The molecule has 0 bridgehead atoms. The molecule has 0 saturated carbocycles. The third-order valence-electron chi connectivity index (χ3n) is 2.12.